The van der Waals surface area contributed by atoms with Crippen LogP contribution >= 0.6 is 23.8 Å². The number of rotatable bonds is 4. The highest BCUT2D eigenvalue weighted by Crippen LogP contribution is 2.31. The molecule has 0 saturated carbocycles. The van der Waals surface area contributed by atoms with E-state index in [-0.39, 0.29) is 18.3 Å². The number of anilines is 1. The summed E-state index contributed by atoms with van der Waals surface area (Å²) in [5, 5.41) is 0.799. The van der Waals surface area contributed by atoms with Gasteiger partial charge in [0.05, 0.1) is 17.8 Å². The van der Waals surface area contributed by atoms with Crippen LogP contribution in [0.2, 0.25) is 5.02 Å². The number of carbonyl (C=O) groups is 1. The van der Waals surface area contributed by atoms with Crippen LogP contribution in [0.3, 0.4) is 0 Å². The van der Waals surface area contributed by atoms with E-state index in [1.165, 1.54) is 24.1 Å². The molecule has 3 rings (SSSR count). The Balaban J connectivity index is 1.81. The Morgan fingerprint density at radius 3 is 2.58 bits per heavy atom. The number of amides is 1. The van der Waals surface area contributed by atoms with Crippen LogP contribution in [-0.2, 0) is 11.3 Å². The van der Waals surface area contributed by atoms with E-state index in [9.17, 15) is 9.18 Å². The van der Waals surface area contributed by atoms with Gasteiger partial charge in [-0.3, -0.25) is 9.69 Å². The maximum absolute atomic E-state index is 13.0. The van der Waals surface area contributed by atoms with Crippen LogP contribution in [-0.4, -0.2) is 29.6 Å². The molecule has 1 saturated heterocycles. The molecular weight excluding hydrogens is 351 g/mol. The number of hydrogen-bond donors (Lipinski definition) is 0. The Labute approximate surface area is 149 Å². The first-order valence-electron chi connectivity index (χ1n) is 7.19. The van der Waals surface area contributed by atoms with Gasteiger partial charge in [0.2, 0.25) is 0 Å². The summed E-state index contributed by atoms with van der Waals surface area (Å²) in [6.45, 7) is 0.602. The Morgan fingerprint density at radius 2 is 1.96 bits per heavy atom. The first-order chi connectivity index (χ1) is 11.5. The molecule has 0 aromatic heterocycles. The molecule has 1 amide bonds. The number of carbonyl (C=O) groups excluding carboxylic acids is 1. The highest BCUT2D eigenvalue weighted by atomic mass is 35.5. The van der Waals surface area contributed by atoms with Crippen molar-refractivity contribution < 1.29 is 13.9 Å². The molecule has 2 aromatic carbocycles. The quantitative estimate of drug-likeness (QED) is 0.776. The molecule has 1 fully saturated rings. The van der Waals surface area contributed by atoms with Crippen molar-refractivity contribution in [2.24, 2.45) is 0 Å². The maximum atomic E-state index is 13.0. The van der Waals surface area contributed by atoms with Gasteiger partial charge >= 0.3 is 0 Å². The fraction of sp³-hybridized carbons (Fsp3) is 0.176. The molecule has 0 atom stereocenters. The standard InChI is InChI=1S/C17H14ClFN2O2S/c1-23-15-7-6-13(8-14(15)18)21-16(22)10-20(17(21)24)9-11-2-4-12(19)5-3-11/h2-8H,9-10H2,1H3. The zero-order valence-corrected chi connectivity index (χ0v) is 14.4. The molecule has 4 nitrogen and oxygen atoms in total. The Hall–Kier alpha value is -2.18. The minimum absolute atomic E-state index is 0.136. The summed E-state index contributed by atoms with van der Waals surface area (Å²) in [7, 11) is 1.52. The van der Waals surface area contributed by atoms with Gasteiger partial charge in [-0.05, 0) is 48.1 Å². The predicted octanol–water partition coefficient (Wildman–Crippen LogP) is 3.62. The lowest BCUT2D eigenvalue weighted by molar-refractivity contribution is -0.116. The number of thiocarbonyl (C=S) groups is 1. The number of ether oxygens (including phenoxy) is 1. The highest BCUT2D eigenvalue weighted by Gasteiger charge is 2.34. The second-order valence-electron chi connectivity index (χ2n) is 5.31. The number of methoxy groups -OCH3 is 1. The Kier molecular flexibility index (Phi) is 4.69. The highest BCUT2D eigenvalue weighted by molar-refractivity contribution is 7.80. The van der Waals surface area contributed by atoms with Crippen molar-refractivity contribution in [3.8, 4) is 5.75 Å². The lowest BCUT2D eigenvalue weighted by Crippen LogP contribution is -2.32. The summed E-state index contributed by atoms with van der Waals surface area (Å²) in [6.07, 6.45) is 0. The number of benzene rings is 2. The molecule has 124 valence electrons. The summed E-state index contributed by atoms with van der Waals surface area (Å²) in [6, 6.07) is 11.2. The lowest BCUT2D eigenvalue weighted by atomic mass is 10.2. The van der Waals surface area contributed by atoms with Crippen LogP contribution in [0, 0.1) is 5.82 Å². The van der Waals surface area contributed by atoms with E-state index in [2.05, 4.69) is 0 Å². The molecule has 0 aliphatic carbocycles. The molecule has 0 radical (unpaired) electrons. The molecule has 2 aromatic rings. The third kappa shape index (κ3) is 3.20. The van der Waals surface area contributed by atoms with Crippen LogP contribution < -0.4 is 9.64 Å². The van der Waals surface area contributed by atoms with Crippen molar-refractivity contribution in [3.05, 3.63) is 58.9 Å². The molecule has 7 heteroatoms. The first-order valence-corrected chi connectivity index (χ1v) is 7.98. The molecule has 0 unspecified atom stereocenters. The number of nitrogens with zero attached hydrogens (tertiary/aromatic N) is 2. The van der Waals surface area contributed by atoms with Gasteiger partial charge < -0.3 is 9.64 Å². The fourth-order valence-electron chi connectivity index (χ4n) is 2.53. The van der Waals surface area contributed by atoms with E-state index in [1.807, 2.05) is 0 Å². The second kappa shape index (κ2) is 6.75. The zero-order valence-electron chi connectivity index (χ0n) is 12.8. The third-order valence-electron chi connectivity index (χ3n) is 3.72. The Bertz CT molecular complexity index is 798. The molecule has 1 aliphatic rings. The third-order valence-corrected chi connectivity index (χ3v) is 4.45. The van der Waals surface area contributed by atoms with Gasteiger partial charge in [-0.25, -0.2) is 4.39 Å². The van der Waals surface area contributed by atoms with E-state index < -0.39 is 0 Å². The maximum Gasteiger partial charge on any atom is 0.252 e. The van der Waals surface area contributed by atoms with Crippen molar-refractivity contribution in [1.29, 1.82) is 0 Å². The molecular formula is C17H14ClFN2O2S. The van der Waals surface area contributed by atoms with Crippen molar-refractivity contribution in [3.63, 3.8) is 0 Å². The average Bonchev–Trinajstić information content (AvgIpc) is 2.83. The van der Waals surface area contributed by atoms with Gasteiger partial charge in [0.1, 0.15) is 18.1 Å². The van der Waals surface area contributed by atoms with Gasteiger partial charge in [0.15, 0.2) is 5.11 Å². The summed E-state index contributed by atoms with van der Waals surface area (Å²) < 4.78 is 18.1. The van der Waals surface area contributed by atoms with Gasteiger partial charge in [0.25, 0.3) is 5.91 Å². The van der Waals surface area contributed by atoms with Crippen molar-refractivity contribution in [1.82, 2.24) is 4.90 Å². The van der Waals surface area contributed by atoms with Gasteiger partial charge in [-0.2, -0.15) is 0 Å². The SMILES string of the molecule is COc1ccc(N2C(=O)CN(Cc3ccc(F)cc3)C2=S)cc1Cl. The zero-order chi connectivity index (χ0) is 17.3. The summed E-state index contributed by atoms with van der Waals surface area (Å²) in [4.78, 5) is 15.6. The Morgan fingerprint density at radius 1 is 1.25 bits per heavy atom. The topological polar surface area (TPSA) is 32.8 Å². The molecule has 1 aliphatic heterocycles. The van der Waals surface area contributed by atoms with Gasteiger partial charge in [-0.1, -0.05) is 23.7 Å². The van der Waals surface area contributed by atoms with Gasteiger partial charge in [-0.15, -0.1) is 0 Å². The lowest BCUT2D eigenvalue weighted by Gasteiger charge is -2.21. The van der Waals surface area contributed by atoms with Crippen molar-refractivity contribution in [2.75, 3.05) is 18.6 Å². The van der Waals surface area contributed by atoms with Crippen LogP contribution in [0.4, 0.5) is 10.1 Å². The monoisotopic (exact) mass is 364 g/mol. The van der Waals surface area contributed by atoms with Crippen molar-refractivity contribution in [2.45, 2.75) is 6.54 Å². The van der Waals surface area contributed by atoms with Crippen molar-refractivity contribution >= 4 is 40.5 Å². The molecule has 1 heterocycles. The van der Waals surface area contributed by atoms with Crippen LogP contribution in [0.15, 0.2) is 42.5 Å². The van der Waals surface area contributed by atoms with Crippen LogP contribution in [0.5, 0.6) is 5.75 Å². The minimum atomic E-state index is -0.298. The molecule has 0 spiro atoms. The van der Waals surface area contributed by atoms with Crippen LogP contribution in [0.25, 0.3) is 0 Å². The fourth-order valence-corrected chi connectivity index (χ4v) is 3.12. The van der Waals surface area contributed by atoms with Crippen LogP contribution in [0.1, 0.15) is 5.56 Å². The van der Waals surface area contributed by atoms with E-state index in [0.717, 1.165) is 5.56 Å². The van der Waals surface area contributed by atoms with E-state index in [0.29, 0.717) is 28.1 Å². The molecule has 0 N–H and O–H groups in total. The summed E-state index contributed by atoms with van der Waals surface area (Å²) in [5.41, 5.74) is 1.47. The molecule has 0 bridgehead atoms. The first kappa shape index (κ1) is 16.7. The van der Waals surface area contributed by atoms with E-state index in [1.54, 1.807) is 35.2 Å². The number of hydrogen-bond acceptors (Lipinski definition) is 3. The minimum Gasteiger partial charge on any atom is -0.495 e. The average molecular weight is 365 g/mol. The summed E-state index contributed by atoms with van der Waals surface area (Å²) >= 11 is 11.6. The number of halogens is 2. The second-order valence-corrected chi connectivity index (χ2v) is 6.09. The smallest absolute Gasteiger partial charge is 0.252 e. The predicted molar refractivity (Wildman–Crippen MR) is 94.9 cm³/mol. The summed E-state index contributed by atoms with van der Waals surface area (Å²) in [5.74, 6) is 0.0952. The van der Waals surface area contributed by atoms with Gasteiger partial charge in [0, 0.05) is 6.54 Å². The van der Waals surface area contributed by atoms with E-state index >= 15 is 0 Å². The normalized spacial score (nSPS) is 14.5. The largest absolute Gasteiger partial charge is 0.495 e. The molecule has 24 heavy (non-hydrogen) atoms. The van der Waals surface area contributed by atoms with E-state index in [4.69, 9.17) is 28.6 Å².